The second-order valence-electron chi connectivity index (χ2n) is 4.31. The van der Waals surface area contributed by atoms with Gasteiger partial charge in [0.15, 0.2) is 0 Å². The Kier molecular flexibility index (Phi) is 6.48. The number of hydrogen-bond donors (Lipinski definition) is 2. The molecule has 0 aliphatic rings. The van der Waals surface area contributed by atoms with Gasteiger partial charge in [-0.1, -0.05) is 36.4 Å². The molecule has 0 heterocycles. The third kappa shape index (κ3) is 5.82. The second kappa shape index (κ2) is 7.88. The predicted molar refractivity (Wildman–Crippen MR) is 76.1 cm³/mol. The van der Waals surface area contributed by atoms with Gasteiger partial charge in [0.2, 0.25) is 0 Å². The molecule has 0 fully saturated rings. The first kappa shape index (κ1) is 15.6. The summed E-state index contributed by atoms with van der Waals surface area (Å²) in [5.41, 5.74) is 0. The fraction of sp³-hybridized carbons (Fsp3) is 0.357. The fourth-order valence-electron chi connectivity index (χ4n) is 1.68. The van der Waals surface area contributed by atoms with Crippen molar-refractivity contribution in [2.75, 3.05) is 6.61 Å². The maximum Gasteiger partial charge on any atom is 0.367 e. The Hall–Kier alpha value is -1.43. The molecule has 104 valence electrons. The van der Waals surface area contributed by atoms with Gasteiger partial charge in [0, 0.05) is 6.08 Å². The van der Waals surface area contributed by atoms with Gasteiger partial charge in [0.05, 0.1) is 6.61 Å². The highest BCUT2D eigenvalue weighted by atomic mass is 28.4. The van der Waals surface area contributed by atoms with Gasteiger partial charge in [-0.15, -0.1) is 0 Å². The van der Waals surface area contributed by atoms with Crippen molar-refractivity contribution in [1.82, 2.24) is 0 Å². The lowest BCUT2D eigenvalue weighted by molar-refractivity contribution is -0.137. The summed E-state index contributed by atoms with van der Waals surface area (Å²) in [6.45, 7) is 2.06. The first-order chi connectivity index (χ1) is 9.06. The van der Waals surface area contributed by atoms with Gasteiger partial charge in [-0.2, -0.15) is 0 Å². The number of carbonyl (C=O) groups is 1. The van der Waals surface area contributed by atoms with Gasteiger partial charge < -0.3 is 14.3 Å². The van der Waals surface area contributed by atoms with E-state index < -0.39 is 8.56 Å². The van der Waals surface area contributed by atoms with Crippen molar-refractivity contribution in [2.45, 2.75) is 25.8 Å². The molecule has 19 heavy (non-hydrogen) atoms. The number of allylic oxidation sites excluding steroid dienone is 1. The monoisotopic (exact) mass is 280 g/mol. The number of rotatable bonds is 7. The summed E-state index contributed by atoms with van der Waals surface area (Å²) in [6, 6.07) is 9.24. The molecule has 0 aromatic heterocycles. The lowest BCUT2D eigenvalue weighted by Crippen LogP contribution is -2.48. The maximum atomic E-state index is 11.0. The van der Waals surface area contributed by atoms with E-state index in [1.54, 1.807) is 37.3 Å². The number of ether oxygens (including phenoxy) is 1. The van der Waals surface area contributed by atoms with Crippen LogP contribution in [0.5, 0.6) is 0 Å². The lowest BCUT2D eigenvalue weighted by Gasteiger charge is -2.17. The van der Waals surface area contributed by atoms with Crippen LogP contribution in [0.15, 0.2) is 42.5 Å². The number of hydrogen-bond acceptors (Lipinski definition) is 4. The number of carbonyl (C=O) groups excluding carboxylic acids is 1. The summed E-state index contributed by atoms with van der Waals surface area (Å²) in [7, 11) is -3.33. The maximum absolute atomic E-state index is 11.0. The third-order valence-electron chi connectivity index (χ3n) is 2.70. The smallest absolute Gasteiger partial charge is 0.367 e. The molecule has 2 N–H and O–H groups in total. The molecule has 0 aliphatic carbocycles. The van der Waals surface area contributed by atoms with E-state index in [9.17, 15) is 14.4 Å². The quantitative estimate of drug-likeness (QED) is 0.341. The Labute approximate surface area is 114 Å². The molecule has 0 radical (unpaired) electrons. The van der Waals surface area contributed by atoms with Crippen LogP contribution in [0.3, 0.4) is 0 Å². The molecule has 0 saturated heterocycles. The minimum absolute atomic E-state index is 0.308. The summed E-state index contributed by atoms with van der Waals surface area (Å²) in [5.74, 6) is -0.359. The van der Waals surface area contributed by atoms with Crippen LogP contribution in [-0.2, 0) is 9.53 Å². The summed E-state index contributed by atoms with van der Waals surface area (Å²) in [6.07, 6.45) is 4.24. The zero-order valence-electron chi connectivity index (χ0n) is 11.1. The molecule has 0 atom stereocenters. The number of benzene rings is 1. The SMILES string of the molecule is CC=CC(=O)OCCCC[Si](O)(O)c1ccccc1. The van der Waals surface area contributed by atoms with Crippen molar-refractivity contribution >= 4 is 19.7 Å². The molecule has 0 amide bonds. The van der Waals surface area contributed by atoms with Gasteiger partial charge in [-0.05, 0) is 31.0 Å². The van der Waals surface area contributed by atoms with Crippen LogP contribution in [0.2, 0.25) is 6.04 Å². The van der Waals surface area contributed by atoms with Gasteiger partial charge in [-0.3, -0.25) is 0 Å². The Morgan fingerprint density at radius 2 is 1.95 bits per heavy atom. The molecular weight excluding hydrogens is 260 g/mol. The van der Waals surface area contributed by atoms with Crippen LogP contribution in [-0.4, -0.2) is 30.7 Å². The molecule has 0 saturated carbocycles. The Morgan fingerprint density at radius 3 is 2.58 bits per heavy atom. The molecule has 0 aliphatic heterocycles. The van der Waals surface area contributed by atoms with E-state index in [-0.39, 0.29) is 5.97 Å². The zero-order valence-corrected chi connectivity index (χ0v) is 12.1. The predicted octanol–water partition coefficient (Wildman–Crippen LogP) is 1.22. The highest BCUT2D eigenvalue weighted by Gasteiger charge is 2.30. The molecule has 1 rings (SSSR count). The van der Waals surface area contributed by atoms with Gasteiger partial charge in [-0.25, -0.2) is 4.79 Å². The molecule has 5 heteroatoms. The summed E-state index contributed by atoms with van der Waals surface area (Å²) in [4.78, 5) is 31.1. The first-order valence-electron chi connectivity index (χ1n) is 6.36. The van der Waals surface area contributed by atoms with E-state index in [0.717, 1.165) is 0 Å². The molecule has 4 nitrogen and oxygen atoms in total. The average Bonchev–Trinajstić information content (AvgIpc) is 2.39. The highest BCUT2D eigenvalue weighted by Crippen LogP contribution is 2.08. The normalized spacial score (nSPS) is 11.7. The van der Waals surface area contributed by atoms with Crippen molar-refractivity contribution in [3.63, 3.8) is 0 Å². The van der Waals surface area contributed by atoms with Gasteiger partial charge in [0.25, 0.3) is 0 Å². The average molecular weight is 280 g/mol. The fourth-order valence-corrected chi connectivity index (χ4v) is 3.44. The Balaban J connectivity index is 2.27. The third-order valence-corrected chi connectivity index (χ3v) is 5.01. The van der Waals surface area contributed by atoms with Crippen LogP contribution in [0.25, 0.3) is 0 Å². The van der Waals surface area contributed by atoms with Crippen molar-refractivity contribution in [3.8, 4) is 0 Å². The zero-order chi connectivity index (χ0) is 14.1. The van der Waals surface area contributed by atoms with Crippen LogP contribution in [0.4, 0.5) is 0 Å². The van der Waals surface area contributed by atoms with Crippen LogP contribution < -0.4 is 5.19 Å². The van der Waals surface area contributed by atoms with Crippen LogP contribution in [0.1, 0.15) is 19.8 Å². The van der Waals surface area contributed by atoms with E-state index in [1.165, 1.54) is 6.08 Å². The van der Waals surface area contributed by atoms with E-state index in [0.29, 0.717) is 30.7 Å². The number of unbranched alkanes of at least 4 members (excludes halogenated alkanes) is 1. The second-order valence-corrected chi connectivity index (χ2v) is 7.02. The molecule has 1 aromatic rings. The molecule has 0 spiro atoms. The Bertz CT molecular complexity index is 415. The first-order valence-corrected chi connectivity index (χ1v) is 8.46. The topological polar surface area (TPSA) is 66.8 Å². The molecule has 1 aromatic carbocycles. The minimum atomic E-state index is -3.33. The minimum Gasteiger partial charge on any atom is -0.463 e. The van der Waals surface area contributed by atoms with Crippen molar-refractivity contribution in [3.05, 3.63) is 42.5 Å². The standard InChI is InChI=1S/C14H20O4Si/c1-2-8-14(15)18-11-6-7-12-19(16,17)13-9-4-3-5-10-13/h2-5,8-10,16-17H,6-7,11-12H2,1H3. The van der Waals surface area contributed by atoms with E-state index in [4.69, 9.17) is 4.74 Å². The van der Waals surface area contributed by atoms with Crippen molar-refractivity contribution in [2.24, 2.45) is 0 Å². The lowest BCUT2D eigenvalue weighted by atomic mass is 10.3. The molecule has 0 unspecified atom stereocenters. The largest absolute Gasteiger partial charge is 0.463 e. The summed E-state index contributed by atoms with van der Waals surface area (Å²) >= 11 is 0. The van der Waals surface area contributed by atoms with Gasteiger partial charge >= 0.3 is 14.5 Å². The van der Waals surface area contributed by atoms with Crippen molar-refractivity contribution < 1.29 is 19.1 Å². The van der Waals surface area contributed by atoms with E-state index >= 15 is 0 Å². The highest BCUT2D eigenvalue weighted by molar-refractivity contribution is 6.78. The van der Waals surface area contributed by atoms with Crippen molar-refractivity contribution in [1.29, 1.82) is 0 Å². The summed E-state index contributed by atoms with van der Waals surface area (Å²) in [5, 5.41) is 0.612. The molecule has 0 bridgehead atoms. The van der Waals surface area contributed by atoms with Gasteiger partial charge in [0.1, 0.15) is 0 Å². The number of esters is 1. The Morgan fingerprint density at radius 1 is 1.26 bits per heavy atom. The van der Waals surface area contributed by atoms with Crippen LogP contribution in [0, 0.1) is 0 Å². The van der Waals surface area contributed by atoms with E-state index in [2.05, 4.69) is 0 Å². The summed E-state index contributed by atoms with van der Waals surface area (Å²) < 4.78 is 4.93. The van der Waals surface area contributed by atoms with Crippen LogP contribution >= 0.6 is 0 Å². The molecular formula is C14H20O4Si. The van der Waals surface area contributed by atoms with E-state index in [1.807, 2.05) is 6.07 Å².